The predicted octanol–water partition coefficient (Wildman–Crippen LogP) is 4.41. The minimum atomic E-state index is -0.0303. The lowest BCUT2D eigenvalue weighted by atomic mass is 10.0. The SMILES string of the molecule is COc1ncccc1CN1CC[C@@H](C(=O)N(Cc2cc(Cl)c3c(c2)OCCCO3)CC(C)C)C1. The van der Waals surface area contributed by atoms with E-state index >= 15 is 0 Å². The maximum absolute atomic E-state index is 13.6. The van der Waals surface area contributed by atoms with Crippen molar-refractivity contribution in [1.29, 1.82) is 0 Å². The Balaban J connectivity index is 1.45. The van der Waals surface area contributed by atoms with Gasteiger partial charge in [-0.15, -0.1) is 0 Å². The maximum atomic E-state index is 13.6. The Morgan fingerprint density at radius 2 is 2.15 bits per heavy atom. The predicted molar refractivity (Wildman–Crippen MR) is 131 cm³/mol. The lowest BCUT2D eigenvalue weighted by molar-refractivity contribution is -0.136. The van der Waals surface area contributed by atoms with Gasteiger partial charge < -0.3 is 19.1 Å². The number of methoxy groups -OCH3 is 1. The van der Waals surface area contributed by atoms with Gasteiger partial charge in [0.25, 0.3) is 0 Å². The minimum absolute atomic E-state index is 0.0303. The molecule has 7 nitrogen and oxygen atoms in total. The monoisotopic (exact) mass is 487 g/mol. The zero-order valence-corrected chi connectivity index (χ0v) is 21.0. The van der Waals surface area contributed by atoms with Crippen molar-refractivity contribution in [2.45, 2.75) is 39.8 Å². The molecular weight excluding hydrogens is 454 g/mol. The van der Waals surface area contributed by atoms with Gasteiger partial charge in [0.2, 0.25) is 11.8 Å². The number of pyridine rings is 1. The number of hydrogen-bond donors (Lipinski definition) is 0. The highest BCUT2D eigenvalue weighted by Gasteiger charge is 2.32. The van der Waals surface area contributed by atoms with Crippen LogP contribution in [0.3, 0.4) is 0 Å². The van der Waals surface area contributed by atoms with Crippen LogP contribution in [-0.4, -0.2) is 60.6 Å². The van der Waals surface area contributed by atoms with E-state index in [9.17, 15) is 4.79 Å². The average molecular weight is 488 g/mol. The molecule has 1 aromatic carbocycles. The molecule has 0 bridgehead atoms. The van der Waals surface area contributed by atoms with Crippen molar-refractivity contribution >= 4 is 17.5 Å². The molecule has 3 heterocycles. The van der Waals surface area contributed by atoms with Gasteiger partial charge in [0.15, 0.2) is 11.5 Å². The standard InChI is InChI=1S/C26H34ClN3O4/c1-18(2)14-30(15-19-12-22(27)24-23(13-19)33-10-5-11-34-24)26(31)21-7-9-29(17-21)16-20-6-4-8-28-25(20)32-3/h4,6,8,12-13,18,21H,5,7,9-11,14-17H2,1-3H3/t21-/m1/s1. The molecule has 0 spiro atoms. The van der Waals surface area contributed by atoms with Gasteiger partial charge in [0.05, 0.1) is 31.3 Å². The Hall–Kier alpha value is -2.51. The summed E-state index contributed by atoms with van der Waals surface area (Å²) in [4.78, 5) is 22.2. The van der Waals surface area contributed by atoms with Crippen LogP contribution in [0.25, 0.3) is 0 Å². The molecule has 1 atom stereocenters. The summed E-state index contributed by atoms with van der Waals surface area (Å²) < 4.78 is 17.0. The molecule has 1 saturated heterocycles. The van der Waals surface area contributed by atoms with Crippen LogP contribution in [0.2, 0.25) is 5.02 Å². The number of halogens is 1. The van der Waals surface area contributed by atoms with Crippen molar-refractivity contribution in [3.8, 4) is 17.4 Å². The van der Waals surface area contributed by atoms with E-state index in [1.54, 1.807) is 13.3 Å². The van der Waals surface area contributed by atoms with E-state index in [0.717, 1.165) is 43.6 Å². The fraction of sp³-hybridized carbons (Fsp3) is 0.538. The summed E-state index contributed by atoms with van der Waals surface area (Å²) in [7, 11) is 1.64. The number of fused-ring (bicyclic) bond motifs is 1. The van der Waals surface area contributed by atoms with Crippen molar-refractivity contribution in [2.24, 2.45) is 11.8 Å². The van der Waals surface area contributed by atoms with Gasteiger partial charge in [-0.25, -0.2) is 4.98 Å². The number of rotatable bonds is 8. The highest BCUT2D eigenvalue weighted by Crippen LogP contribution is 2.38. The molecule has 1 fully saturated rings. The number of carbonyl (C=O) groups is 1. The number of likely N-dealkylation sites (tertiary alicyclic amines) is 1. The summed E-state index contributed by atoms with van der Waals surface area (Å²) >= 11 is 6.51. The molecular formula is C26H34ClN3O4. The van der Waals surface area contributed by atoms with Gasteiger partial charge in [-0.1, -0.05) is 31.5 Å². The Labute approximate surface area is 206 Å². The van der Waals surface area contributed by atoms with Gasteiger partial charge in [-0.05, 0) is 42.6 Å². The minimum Gasteiger partial charge on any atom is -0.489 e. The zero-order valence-electron chi connectivity index (χ0n) is 20.3. The van der Waals surface area contributed by atoms with E-state index in [1.807, 2.05) is 29.2 Å². The third-order valence-corrected chi connectivity index (χ3v) is 6.47. The van der Waals surface area contributed by atoms with Crippen molar-refractivity contribution in [3.63, 3.8) is 0 Å². The second-order valence-electron chi connectivity index (χ2n) is 9.46. The molecule has 4 rings (SSSR count). The molecule has 2 aromatic rings. The molecule has 2 aliphatic rings. The Morgan fingerprint density at radius 1 is 1.32 bits per heavy atom. The quantitative estimate of drug-likeness (QED) is 0.549. The van der Waals surface area contributed by atoms with Crippen molar-refractivity contribution < 1.29 is 19.0 Å². The Morgan fingerprint density at radius 3 is 2.94 bits per heavy atom. The molecule has 8 heteroatoms. The van der Waals surface area contributed by atoms with Crippen LogP contribution in [0.4, 0.5) is 0 Å². The van der Waals surface area contributed by atoms with Crippen LogP contribution in [-0.2, 0) is 17.9 Å². The summed E-state index contributed by atoms with van der Waals surface area (Å²) in [5.41, 5.74) is 2.00. The highest BCUT2D eigenvalue weighted by molar-refractivity contribution is 6.32. The fourth-order valence-electron chi connectivity index (χ4n) is 4.67. The van der Waals surface area contributed by atoms with Crippen molar-refractivity contribution in [2.75, 3.05) is 40.0 Å². The van der Waals surface area contributed by atoms with E-state index in [0.29, 0.717) is 54.6 Å². The van der Waals surface area contributed by atoms with Crippen LogP contribution in [0.5, 0.6) is 17.4 Å². The van der Waals surface area contributed by atoms with Gasteiger partial charge in [0, 0.05) is 44.4 Å². The molecule has 0 saturated carbocycles. The number of nitrogens with zero attached hydrogens (tertiary/aromatic N) is 3. The first-order valence-corrected chi connectivity index (χ1v) is 12.4. The van der Waals surface area contributed by atoms with Crippen LogP contribution in [0.15, 0.2) is 30.5 Å². The van der Waals surface area contributed by atoms with Gasteiger partial charge in [0.1, 0.15) is 0 Å². The molecule has 0 aliphatic carbocycles. The normalized spacial score (nSPS) is 18.1. The summed E-state index contributed by atoms with van der Waals surface area (Å²) in [6.07, 6.45) is 3.40. The van der Waals surface area contributed by atoms with E-state index in [2.05, 4.69) is 23.7 Å². The largest absolute Gasteiger partial charge is 0.489 e. The molecule has 1 amide bonds. The second-order valence-corrected chi connectivity index (χ2v) is 9.87. The van der Waals surface area contributed by atoms with E-state index < -0.39 is 0 Å². The van der Waals surface area contributed by atoms with Crippen LogP contribution in [0, 0.1) is 11.8 Å². The van der Waals surface area contributed by atoms with Gasteiger partial charge >= 0.3 is 0 Å². The summed E-state index contributed by atoms with van der Waals surface area (Å²) in [5.74, 6) is 2.42. The topological polar surface area (TPSA) is 64.1 Å². The lowest BCUT2D eigenvalue weighted by Crippen LogP contribution is -2.39. The lowest BCUT2D eigenvalue weighted by Gasteiger charge is -2.28. The van der Waals surface area contributed by atoms with Crippen LogP contribution in [0.1, 0.15) is 37.8 Å². The third kappa shape index (κ3) is 5.94. The molecule has 0 unspecified atom stereocenters. The van der Waals surface area contributed by atoms with Crippen LogP contribution >= 0.6 is 11.6 Å². The summed E-state index contributed by atoms with van der Waals surface area (Å²) in [6.45, 7) is 8.98. The first kappa shape index (κ1) is 24.6. The summed E-state index contributed by atoms with van der Waals surface area (Å²) in [6, 6.07) is 7.80. The average Bonchev–Trinajstić information content (AvgIpc) is 3.14. The van der Waals surface area contributed by atoms with E-state index in [4.69, 9.17) is 25.8 Å². The number of aromatic nitrogens is 1. The molecule has 0 radical (unpaired) electrons. The third-order valence-electron chi connectivity index (χ3n) is 6.19. The fourth-order valence-corrected chi connectivity index (χ4v) is 4.96. The maximum Gasteiger partial charge on any atom is 0.227 e. The Bertz CT molecular complexity index is 1000. The Kier molecular flexibility index (Phi) is 8.16. The number of amides is 1. The number of benzene rings is 1. The van der Waals surface area contributed by atoms with Crippen molar-refractivity contribution in [3.05, 3.63) is 46.6 Å². The first-order valence-electron chi connectivity index (χ1n) is 12.0. The number of hydrogen-bond acceptors (Lipinski definition) is 6. The second kappa shape index (κ2) is 11.3. The molecule has 0 N–H and O–H groups in total. The van der Waals surface area contributed by atoms with Crippen LogP contribution < -0.4 is 14.2 Å². The molecule has 1 aromatic heterocycles. The van der Waals surface area contributed by atoms with Crippen molar-refractivity contribution in [1.82, 2.24) is 14.8 Å². The smallest absolute Gasteiger partial charge is 0.227 e. The molecule has 184 valence electrons. The van der Waals surface area contributed by atoms with Gasteiger partial charge in [-0.2, -0.15) is 0 Å². The highest BCUT2D eigenvalue weighted by atomic mass is 35.5. The number of carbonyl (C=O) groups excluding carboxylic acids is 1. The van der Waals surface area contributed by atoms with E-state index in [1.165, 1.54) is 0 Å². The number of ether oxygens (including phenoxy) is 3. The van der Waals surface area contributed by atoms with E-state index in [-0.39, 0.29) is 11.8 Å². The first-order chi connectivity index (χ1) is 16.4. The van der Waals surface area contributed by atoms with Gasteiger partial charge in [-0.3, -0.25) is 9.69 Å². The zero-order chi connectivity index (χ0) is 24.1. The molecule has 34 heavy (non-hydrogen) atoms. The summed E-state index contributed by atoms with van der Waals surface area (Å²) in [5, 5.41) is 0.531. The molecule has 2 aliphatic heterocycles.